The molecule has 0 aromatic heterocycles. The zero-order chi connectivity index (χ0) is 13.7. The lowest BCUT2D eigenvalue weighted by molar-refractivity contribution is -0.118. The Hall–Kier alpha value is -0.420. The predicted octanol–water partition coefficient (Wildman–Crippen LogP) is 2.85. The van der Waals surface area contributed by atoms with Gasteiger partial charge in [-0.2, -0.15) is 0 Å². The summed E-state index contributed by atoms with van der Waals surface area (Å²) in [5.74, 6) is 1.94. The molecule has 1 amide bonds. The first kappa shape index (κ1) is 17.6. The minimum atomic E-state index is 0. The van der Waals surface area contributed by atoms with Crippen LogP contribution in [0.25, 0.3) is 0 Å². The van der Waals surface area contributed by atoms with Crippen LogP contribution in [0.2, 0.25) is 5.02 Å². The van der Waals surface area contributed by atoms with Gasteiger partial charge in [0.25, 0.3) is 0 Å². The summed E-state index contributed by atoms with van der Waals surface area (Å²) in [6.45, 7) is 0.598. The van der Waals surface area contributed by atoms with Crippen molar-refractivity contribution in [1.29, 1.82) is 0 Å². The quantitative estimate of drug-likeness (QED) is 0.806. The molecule has 0 heterocycles. The summed E-state index contributed by atoms with van der Waals surface area (Å²) < 4.78 is 0. The molecule has 6 heteroatoms. The SMILES string of the molecule is Cl.NC(CNC(=O)CSCc1cccc(Cl)c1)C1CC1. The van der Waals surface area contributed by atoms with Gasteiger partial charge in [0, 0.05) is 23.4 Å². The van der Waals surface area contributed by atoms with Crippen LogP contribution in [0, 0.1) is 5.92 Å². The standard InChI is InChI=1S/C14H19ClN2OS.ClH/c15-12-3-1-2-10(6-12)8-19-9-14(18)17-7-13(16)11-4-5-11;/h1-3,6,11,13H,4-5,7-9,16H2,(H,17,18);1H. The van der Waals surface area contributed by atoms with Gasteiger partial charge in [0.05, 0.1) is 5.75 Å². The Kier molecular flexibility index (Phi) is 7.74. The molecule has 3 N–H and O–H groups in total. The van der Waals surface area contributed by atoms with Crippen molar-refractivity contribution in [1.82, 2.24) is 5.32 Å². The third-order valence-electron chi connectivity index (χ3n) is 3.15. The van der Waals surface area contributed by atoms with Crippen LogP contribution in [0.4, 0.5) is 0 Å². The molecular weight excluding hydrogens is 315 g/mol. The Bertz CT molecular complexity index is 441. The minimum Gasteiger partial charge on any atom is -0.354 e. The van der Waals surface area contributed by atoms with E-state index in [1.54, 1.807) is 11.8 Å². The van der Waals surface area contributed by atoms with E-state index in [2.05, 4.69) is 5.32 Å². The minimum absolute atomic E-state index is 0. The fourth-order valence-corrected chi connectivity index (χ4v) is 2.88. The molecule has 20 heavy (non-hydrogen) atoms. The van der Waals surface area contributed by atoms with E-state index < -0.39 is 0 Å². The second kappa shape index (κ2) is 8.78. The first-order valence-electron chi connectivity index (χ1n) is 6.49. The highest BCUT2D eigenvalue weighted by Crippen LogP contribution is 2.31. The number of nitrogens with one attached hydrogen (secondary N) is 1. The average molecular weight is 335 g/mol. The van der Waals surface area contributed by atoms with E-state index >= 15 is 0 Å². The van der Waals surface area contributed by atoms with Crippen LogP contribution in [-0.2, 0) is 10.5 Å². The number of hydrogen-bond acceptors (Lipinski definition) is 3. The summed E-state index contributed by atoms with van der Waals surface area (Å²) in [6.07, 6.45) is 2.42. The fourth-order valence-electron chi connectivity index (χ4n) is 1.86. The summed E-state index contributed by atoms with van der Waals surface area (Å²) >= 11 is 7.49. The number of thioether (sulfide) groups is 1. The molecule has 1 unspecified atom stereocenters. The molecule has 1 fully saturated rings. The normalized spacial score (nSPS) is 15.3. The van der Waals surface area contributed by atoms with Crippen molar-refractivity contribution in [3.63, 3.8) is 0 Å². The van der Waals surface area contributed by atoms with Crippen molar-refractivity contribution in [2.45, 2.75) is 24.6 Å². The molecule has 2 rings (SSSR count). The topological polar surface area (TPSA) is 55.1 Å². The second-order valence-corrected chi connectivity index (χ2v) is 6.35. The van der Waals surface area contributed by atoms with Gasteiger partial charge in [-0.15, -0.1) is 24.2 Å². The summed E-state index contributed by atoms with van der Waals surface area (Å²) in [7, 11) is 0. The Morgan fingerprint density at radius 1 is 1.50 bits per heavy atom. The van der Waals surface area contributed by atoms with Gasteiger partial charge in [-0.05, 0) is 36.5 Å². The number of benzene rings is 1. The molecular formula is C14H20Cl2N2OS. The number of carbonyl (C=O) groups is 1. The highest BCUT2D eigenvalue weighted by atomic mass is 35.5. The van der Waals surface area contributed by atoms with E-state index in [-0.39, 0.29) is 24.4 Å². The monoisotopic (exact) mass is 334 g/mol. The summed E-state index contributed by atoms with van der Waals surface area (Å²) in [6, 6.07) is 7.84. The van der Waals surface area contributed by atoms with Crippen LogP contribution >= 0.6 is 35.8 Å². The van der Waals surface area contributed by atoms with Crippen molar-refractivity contribution in [2.75, 3.05) is 12.3 Å². The molecule has 0 aliphatic heterocycles. The average Bonchev–Trinajstić information content (AvgIpc) is 3.20. The smallest absolute Gasteiger partial charge is 0.230 e. The third kappa shape index (κ3) is 6.35. The van der Waals surface area contributed by atoms with Gasteiger partial charge < -0.3 is 11.1 Å². The zero-order valence-corrected chi connectivity index (χ0v) is 13.6. The lowest BCUT2D eigenvalue weighted by Crippen LogP contribution is -2.39. The van der Waals surface area contributed by atoms with Crippen LogP contribution in [0.5, 0.6) is 0 Å². The summed E-state index contributed by atoms with van der Waals surface area (Å²) in [5, 5.41) is 3.62. The van der Waals surface area contributed by atoms with Gasteiger partial charge in [0.1, 0.15) is 0 Å². The van der Waals surface area contributed by atoms with Crippen LogP contribution in [0.3, 0.4) is 0 Å². The van der Waals surface area contributed by atoms with Crippen molar-refractivity contribution in [2.24, 2.45) is 11.7 Å². The first-order chi connectivity index (χ1) is 9.15. The van der Waals surface area contributed by atoms with Gasteiger partial charge in [0.2, 0.25) is 5.91 Å². The number of nitrogens with two attached hydrogens (primary N) is 1. The fraction of sp³-hybridized carbons (Fsp3) is 0.500. The Balaban J connectivity index is 0.00000200. The zero-order valence-electron chi connectivity index (χ0n) is 11.2. The third-order valence-corrected chi connectivity index (χ3v) is 4.39. The molecule has 0 bridgehead atoms. The highest BCUT2D eigenvalue weighted by molar-refractivity contribution is 7.99. The Morgan fingerprint density at radius 2 is 2.25 bits per heavy atom. The van der Waals surface area contributed by atoms with E-state index in [1.807, 2.05) is 24.3 Å². The van der Waals surface area contributed by atoms with Gasteiger partial charge >= 0.3 is 0 Å². The van der Waals surface area contributed by atoms with Crippen LogP contribution in [0.1, 0.15) is 18.4 Å². The molecule has 1 atom stereocenters. The highest BCUT2D eigenvalue weighted by Gasteiger charge is 2.28. The van der Waals surface area contributed by atoms with Gasteiger partial charge in [0.15, 0.2) is 0 Å². The lowest BCUT2D eigenvalue weighted by Gasteiger charge is -2.11. The van der Waals surface area contributed by atoms with Gasteiger partial charge in [-0.1, -0.05) is 23.7 Å². The van der Waals surface area contributed by atoms with Crippen molar-refractivity contribution < 1.29 is 4.79 Å². The van der Waals surface area contributed by atoms with Crippen LogP contribution in [0.15, 0.2) is 24.3 Å². The van der Waals surface area contributed by atoms with Crippen molar-refractivity contribution in [3.05, 3.63) is 34.9 Å². The van der Waals surface area contributed by atoms with Crippen LogP contribution in [-0.4, -0.2) is 24.2 Å². The number of amides is 1. The van der Waals surface area contributed by atoms with Crippen LogP contribution < -0.4 is 11.1 Å². The predicted molar refractivity (Wildman–Crippen MR) is 88.6 cm³/mol. The number of halogens is 2. The maximum atomic E-state index is 11.6. The molecule has 1 aromatic rings. The van der Waals surface area contributed by atoms with Gasteiger partial charge in [-0.25, -0.2) is 0 Å². The molecule has 3 nitrogen and oxygen atoms in total. The van der Waals surface area contributed by atoms with Crippen molar-refractivity contribution in [3.8, 4) is 0 Å². The van der Waals surface area contributed by atoms with E-state index in [0.717, 1.165) is 16.3 Å². The van der Waals surface area contributed by atoms with E-state index in [9.17, 15) is 4.79 Å². The molecule has 1 aliphatic carbocycles. The maximum absolute atomic E-state index is 11.6. The first-order valence-corrected chi connectivity index (χ1v) is 8.03. The van der Waals surface area contributed by atoms with E-state index in [1.165, 1.54) is 12.8 Å². The molecule has 0 radical (unpaired) electrons. The number of hydrogen-bond donors (Lipinski definition) is 2. The molecule has 0 saturated heterocycles. The summed E-state index contributed by atoms with van der Waals surface area (Å²) in [4.78, 5) is 11.6. The largest absolute Gasteiger partial charge is 0.354 e. The Morgan fingerprint density at radius 3 is 2.90 bits per heavy atom. The van der Waals surface area contributed by atoms with Crippen molar-refractivity contribution >= 4 is 41.7 Å². The molecule has 1 aliphatic rings. The van der Waals surface area contributed by atoms with E-state index in [4.69, 9.17) is 17.3 Å². The van der Waals surface area contributed by atoms with E-state index in [0.29, 0.717) is 18.2 Å². The van der Waals surface area contributed by atoms with Gasteiger partial charge in [-0.3, -0.25) is 4.79 Å². The summed E-state index contributed by atoms with van der Waals surface area (Å²) in [5.41, 5.74) is 7.07. The molecule has 112 valence electrons. The second-order valence-electron chi connectivity index (χ2n) is 4.93. The molecule has 1 aromatic carbocycles. The lowest BCUT2D eigenvalue weighted by atomic mass is 10.2. The molecule has 0 spiro atoms. The molecule has 1 saturated carbocycles. The number of carbonyl (C=O) groups excluding carboxylic acids is 1. The maximum Gasteiger partial charge on any atom is 0.230 e. The number of rotatable bonds is 7. The Labute approximate surface area is 135 Å².